The largest absolute Gasteiger partial charge is 0.490 e. The number of carboxylic acids is 1. The number of carboxylic acid groups (broad SMARTS) is 1. The molecule has 0 spiro atoms. The first-order valence-electron chi connectivity index (χ1n) is 9.80. The minimum absolute atomic E-state index is 0.0420. The Bertz CT molecular complexity index is 1190. The van der Waals surface area contributed by atoms with E-state index < -0.39 is 47.8 Å². The average Bonchev–Trinajstić information content (AvgIpc) is 3.02. The van der Waals surface area contributed by atoms with Crippen molar-refractivity contribution < 1.29 is 42.5 Å². The van der Waals surface area contributed by atoms with Crippen molar-refractivity contribution in [1.29, 1.82) is 0 Å². The van der Waals surface area contributed by atoms with Crippen molar-refractivity contribution in [3.8, 4) is 11.5 Å². The molecule has 2 aromatic rings. The molecule has 3 amide bonds. The van der Waals surface area contributed by atoms with Crippen molar-refractivity contribution in [3.63, 3.8) is 0 Å². The van der Waals surface area contributed by atoms with Crippen LogP contribution in [0.4, 0.5) is 19.3 Å². The number of halogens is 2. The summed E-state index contributed by atoms with van der Waals surface area (Å²) >= 11 is 0.565. The van der Waals surface area contributed by atoms with Gasteiger partial charge in [-0.05, 0) is 43.0 Å². The van der Waals surface area contributed by atoms with E-state index in [9.17, 15) is 28.0 Å². The molecule has 3 rings (SSSR count). The van der Waals surface area contributed by atoms with Gasteiger partial charge in [-0.3, -0.25) is 19.3 Å². The molecule has 178 valence electrons. The maximum atomic E-state index is 13.7. The second-order valence-corrected chi connectivity index (χ2v) is 7.72. The van der Waals surface area contributed by atoms with Crippen LogP contribution < -0.4 is 14.8 Å². The summed E-state index contributed by atoms with van der Waals surface area (Å²) in [5.41, 5.74) is -0.0163. The number of carbonyl (C=O) groups is 4. The molecule has 2 N–H and O–H groups in total. The molecule has 1 saturated heterocycles. The normalized spacial score (nSPS) is 14.4. The molecule has 1 aliphatic heterocycles. The van der Waals surface area contributed by atoms with Crippen molar-refractivity contribution in [3.05, 3.63) is 58.5 Å². The summed E-state index contributed by atoms with van der Waals surface area (Å²) in [6.45, 7) is 0.641. The molecule has 12 heteroatoms. The highest BCUT2D eigenvalue weighted by Crippen LogP contribution is 2.37. The minimum atomic E-state index is -1.22. The fourth-order valence-electron chi connectivity index (χ4n) is 2.91. The molecule has 0 aromatic heterocycles. The number of rotatable bonds is 9. The van der Waals surface area contributed by atoms with E-state index in [1.165, 1.54) is 12.1 Å². The third kappa shape index (κ3) is 5.90. The first-order valence-corrected chi connectivity index (χ1v) is 10.6. The molecule has 1 heterocycles. The van der Waals surface area contributed by atoms with E-state index in [-0.39, 0.29) is 34.3 Å². The van der Waals surface area contributed by atoms with E-state index in [2.05, 4.69) is 5.32 Å². The zero-order valence-corrected chi connectivity index (χ0v) is 18.5. The highest BCUT2D eigenvalue weighted by molar-refractivity contribution is 8.18. The maximum Gasteiger partial charge on any atom is 0.341 e. The number of hydrogen-bond acceptors (Lipinski definition) is 7. The second kappa shape index (κ2) is 10.8. The Balaban J connectivity index is 1.79. The van der Waals surface area contributed by atoms with Crippen LogP contribution in [0.1, 0.15) is 12.5 Å². The van der Waals surface area contributed by atoms with E-state index in [1.807, 2.05) is 0 Å². The Morgan fingerprint density at radius 3 is 2.62 bits per heavy atom. The molecule has 0 unspecified atom stereocenters. The van der Waals surface area contributed by atoms with Crippen LogP contribution in [0.3, 0.4) is 0 Å². The zero-order valence-electron chi connectivity index (χ0n) is 17.7. The molecule has 0 atom stereocenters. The van der Waals surface area contributed by atoms with Gasteiger partial charge in [0.2, 0.25) is 5.91 Å². The molecule has 34 heavy (non-hydrogen) atoms. The van der Waals surface area contributed by atoms with Crippen molar-refractivity contribution >= 4 is 46.5 Å². The number of aliphatic carboxylic acids is 1. The van der Waals surface area contributed by atoms with Crippen LogP contribution >= 0.6 is 11.8 Å². The van der Waals surface area contributed by atoms with Crippen molar-refractivity contribution in [1.82, 2.24) is 4.90 Å². The van der Waals surface area contributed by atoms with Gasteiger partial charge in [0.05, 0.1) is 17.2 Å². The predicted octanol–water partition coefficient (Wildman–Crippen LogP) is 3.50. The van der Waals surface area contributed by atoms with Crippen LogP contribution in [0, 0.1) is 11.6 Å². The molecule has 9 nitrogen and oxygen atoms in total. The van der Waals surface area contributed by atoms with Gasteiger partial charge >= 0.3 is 5.97 Å². The average molecular weight is 492 g/mol. The Morgan fingerprint density at radius 1 is 1.18 bits per heavy atom. The van der Waals surface area contributed by atoms with Gasteiger partial charge in [0, 0.05) is 11.6 Å². The van der Waals surface area contributed by atoms with Gasteiger partial charge in [0.1, 0.15) is 18.2 Å². The Hall–Kier alpha value is -3.93. The molecule has 0 saturated carbocycles. The van der Waals surface area contributed by atoms with Gasteiger partial charge in [-0.25, -0.2) is 13.6 Å². The number of anilines is 1. The van der Waals surface area contributed by atoms with Gasteiger partial charge in [0.15, 0.2) is 18.1 Å². The Kier molecular flexibility index (Phi) is 7.84. The molecule has 2 aromatic carbocycles. The van der Waals surface area contributed by atoms with Crippen molar-refractivity contribution in [2.75, 3.05) is 25.1 Å². The van der Waals surface area contributed by atoms with Gasteiger partial charge in [-0.15, -0.1) is 0 Å². The van der Waals surface area contributed by atoms with E-state index in [1.54, 1.807) is 19.1 Å². The number of imide groups is 1. The number of ether oxygens (including phenoxy) is 2. The Morgan fingerprint density at radius 2 is 1.94 bits per heavy atom. The van der Waals surface area contributed by atoms with Gasteiger partial charge < -0.3 is 19.9 Å². The summed E-state index contributed by atoms with van der Waals surface area (Å²) in [7, 11) is 0. The van der Waals surface area contributed by atoms with Crippen LogP contribution in [0.25, 0.3) is 6.08 Å². The summed E-state index contributed by atoms with van der Waals surface area (Å²) in [6, 6.07) is 7.24. The lowest BCUT2D eigenvalue weighted by atomic mass is 10.1. The number of nitrogens with zero attached hydrogens (tertiary/aromatic N) is 1. The second-order valence-electron chi connectivity index (χ2n) is 6.73. The van der Waals surface area contributed by atoms with Crippen LogP contribution in [0.2, 0.25) is 0 Å². The number of para-hydroxylation sites is 1. The SMILES string of the molecule is CCOc1cccc(C=C2SC(=O)N(CC(=O)Nc3ccc(F)cc3F)C2=O)c1OCC(=O)O. The molecule has 1 fully saturated rings. The zero-order chi connectivity index (χ0) is 24.8. The monoisotopic (exact) mass is 492 g/mol. The van der Waals surface area contributed by atoms with Crippen LogP contribution in [0.15, 0.2) is 41.3 Å². The lowest BCUT2D eigenvalue weighted by Crippen LogP contribution is -2.36. The number of nitrogens with one attached hydrogen (secondary N) is 1. The molecule has 0 bridgehead atoms. The maximum absolute atomic E-state index is 13.7. The standard InChI is InChI=1S/C22H18F2N2O7S/c1-2-32-16-5-3-4-12(20(16)33-11-19(28)29)8-17-21(30)26(22(31)34-17)10-18(27)25-15-7-6-13(23)9-14(15)24/h3-9H,2,10-11H2,1H3,(H,25,27)(H,28,29). The summed E-state index contributed by atoms with van der Waals surface area (Å²) in [6.07, 6.45) is 1.32. The summed E-state index contributed by atoms with van der Waals surface area (Å²) in [4.78, 5) is 48.9. The van der Waals surface area contributed by atoms with E-state index in [0.717, 1.165) is 12.1 Å². The third-order valence-electron chi connectivity index (χ3n) is 4.32. The quantitative estimate of drug-likeness (QED) is 0.510. The highest BCUT2D eigenvalue weighted by Gasteiger charge is 2.36. The first-order chi connectivity index (χ1) is 16.2. The minimum Gasteiger partial charge on any atom is -0.490 e. The number of benzene rings is 2. The third-order valence-corrected chi connectivity index (χ3v) is 5.22. The first kappa shape index (κ1) is 24.7. The molecule has 0 aliphatic carbocycles. The molecule has 0 radical (unpaired) electrons. The Labute approximate surface area is 196 Å². The summed E-state index contributed by atoms with van der Waals surface area (Å²) in [5, 5.41) is 10.4. The topological polar surface area (TPSA) is 122 Å². The van der Waals surface area contributed by atoms with Crippen molar-refractivity contribution in [2.24, 2.45) is 0 Å². The van der Waals surface area contributed by atoms with Crippen LogP contribution in [-0.2, 0) is 14.4 Å². The number of carbonyl (C=O) groups excluding carboxylic acids is 3. The lowest BCUT2D eigenvalue weighted by molar-refractivity contribution is -0.139. The van der Waals surface area contributed by atoms with Gasteiger partial charge in [0.25, 0.3) is 11.1 Å². The van der Waals surface area contributed by atoms with Crippen molar-refractivity contribution in [2.45, 2.75) is 6.92 Å². The lowest BCUT2D eigenvalue weighted by Gasteiger charge is -2.14. The van der Waals surface area contributed by atoms with E-state index in [4.69, 9.17) is 14.6 Å². The van der Waals surface area contributed by atoms with E-state index in [0.29, 0.717) is 22.7 Å². The summed E-state index contributed by atoms with van der Waals surface area (Å²) in [5.74, 6) is -4.38. The van der Waals surface area contributed by atoms with Gasteiger partial charge in [-0.1, -0.05) is 12.1 Å². The fourth-order valence-corrected chi connectivity index (χ4v) is 3.73. The van der Waals surface area contributed by atoms with Crippen LogP contribution in [0.5, 0.6) is 11.5 Å². The molecule has 1 aliphatic rings. The van der Waals surface area contributed by atoms with Crippen LogP contribution in [-0.4, -0.2) is 52.8 Å². The molecular formula is C22H18F2N2O7S. The van der Waals surface area contributed by atoms with E-state index >= 15 is 0 Å². The number of hydrogen-bond donors (Lipinski definition) is 2. The van der Waals surface area contributed by atoms with Gasteiger partial charge in [-0.2, -0.15) is 0 Å². The highest BCUT2D eigenvalue weighted by atomic mass is 32.2. The predicted molar refractivity (Wildman–Crippen MR) is 118 cm³/mol. The smallest absolute Gasteiger partial charge is 0.341 e. The number of amides is 3. The fraction of sp³-hybridized carbons (Fsp3) is 0.182. The number of thioether (sulfide) groups is 1. The molecular weight excluding hydrogens is 474 g/mol. The summed E-state index contributed by atoms with van der Waals surface area (Å²) < 4.78 is 37.5.